The van der Waals surface area contributed by atoms with Crippen LogP contribution >= 0.6 is 11.6 Å². The van der Waals surface area contributed by atoms with E-state index in [1.54, 1.807) is 18.2 Å². The zero-order chi connectivity index (χ0) is 12.2. The Balaban J connectivity index is 2.06. The highest BCUT2D eigenvalue weighted by molar-refractivity contribution is 6.31. The third-order valence-corrected chi connectivity index (χ3v) is 3.49. The topological polar surface area (TPSA) is 52.6 Å². The number of ether oxygens (including phenoxy) is 2. The Labute approximate surface area is 102 Å². The van der Waals surface area contributed by atoms with Crippen LogP contribution in [0, 0.1) is 5.92 Å². The molecule has 5 heteroatoms. The number of methoxy groups -OCH3 is 1. The van der Waals surface area contributed by atoms with Crippen molar-refractivity contribution in [3.05, 3.63) is 28.8 Å². The summed E-state index contributed by atoms with van der Waals surface area (Å²) in [5, 5.41) is 0.479. The number of Topliss-reactive ketones (excluding diaryl/α,β-unsaturated/α-hetero) is 1. The molecule has 2 aliphatic rings. The van der Waals surface area contributed by atoms with Crippen LogP contribution in [-0.2, 0) is 9.53 Å². The van der Waals surface area contributed by atoms with Crippen LogP contribution in [0.4, 0.5) is 0 Å². The van der Waals surface area contributed by atoms with E-state index in [0.717, 1.165) is 0 Å². The van der Waals surface area contributed by atoms with Crippen molar-refractivity contribution in [3.63, 3.8) is 0 Å². The van der Waals surface area contributed by atoms with E-state index >= 15 is 0 Å². The van der Waals surface area contributed by atoms with E-state index in [9.17, 15) is 9.59 Å². The van der Waals surface area contributed by atoms with Gasteiger partial charge in [0, 0.05) is 11.4 Å². The number of ketones is 1. The van der Waals surface area contributed by atoms with Crippen molar-refractivity contribution in [2.45, 2.75) is 12.0 Å². The summed E-state index contributed by atoms with van der Waals surface area (Å²) in [6.07, 6.45) is 0.380. The van der Waals surface area contributed by atoms with Crippen molar-refractivity contribution in [1.82, 2.24) is 0 Å². The molecule has 3 rings (SSSR count). The van der Waals surface area contributed by atoms with E-state index in [1.165, 1.54) is 7.11 Å². The second kappa shape index (κ2) is 3.23. The monoisotopic (exact) mass is 252 g/mol. The Morgan fingerprint density at radius 3 is 3.06 bits per heavy atom. The van der Waals surface area contributed by atoms with E-state index in [-0.39, 0.29) is 5.78 Å². The lowest BCUT2D eigenvalue weighted by atomic mass is 10.0. The highest BCUT2D eigenvalue weighted by Crippen LogP contribution is 2.54. The molecule has 4 nitrogen and oxygen atoms in total. The summed E-state index contributed by atoms with van der Waals surface area (Å²) in [6, 6.07) is 4.80. The molecule has 0 aromatic heterocycles. The maximum atomic E-state index is 12.1. The minimum absolute atomic E-state index is 0.0980. The number of halogens is 1. The first-order valence-corrected chi connectivity index (χ1v) is 5.57. The summed E-state index contributed by atoms with van der Waals surface area (Å²) in [5.41, 5.74) is -0.647. The molecule has 0 saturated heterocycles. The molecule has 2 atom stereocenters. The van der Waals surface area contributed by atoms with Gasteiger partial charge in [0.25, 0.3) is 0 Å². The van der Waals surface area contributed by atoms with Gasteiger partial charge in [-0.2, -0.15) is 0 Å². The van der Waals surface area contributed by atoms with Gasteiger partial charge in [0.05, 0.1) is 18.6 Å². The van der Waals surface area contributed by atoms with Gasteiger partial charge in [0.2, 0.25) is 5.60 Å². The van der Waals surface area contributed by atoms with E-state index in [2.05, 4.69) is 4.74 Å². The summed E-state index contributed by atoms with van der Waals surface area (Å²) in [4.78, 5) is 23.7. The molecule has 1 heterocycles. The van der Waals surface area contributed by atoms with Crippen molar-refractivity contribution in [3.8, 4) is 5.75 Å². The molecule has 0 spiro atoms. The first-order chi connectivity index (χ1) is 8.08. The highest BCUT2D eigenvalue weighted by atomic mass is 35.5. The quantitative estimate of drug-likeness (QED) is 0.716. The maximum absolute atomic E-state index is 12.1. The minimum Gasteiger partial charge on any atom is -0.474 e. The molecule has 1 saturated carbocycles. The summed E-state index contributed by atoms with van der Waals surface area (Å²) >= 11 is 5.83. The number of carbonyl (C=O) groups excluding carboxylic acids is 2. The average molecular weight is 253 g/mol. The van der Waals surface area contributed by atoms with Gasteiger partial charge in [-0.05, 0) is 18.2 Å². The molecular weight excluding hydrogens is 244 g/mol. The third kappa shape index (κ3) is 1.30. The van der Waals surface area contributed by atoms with Gasteiger partial charge in [-0.15, -0.1) is 0 Å². The van der Waals surface area contributed by atoms with Crippen LogP contribution in [0.5, 0.6) is 5.75 Å². The maximum Gasteiger partial charge on any atom is 0.351 e. The standard InChI is InChI=1S/C12H9ClO4/c1-16-11(15)12-5-8(12)10(14)7-4-6(13)2-3-9(7)17-12/h2-4,8H,5H2,1H3/t8-,12-/m1/s1. The van der Waals surface area contributed by atoms with Gasteiger partial charge in [-0.3, -0.25) is 4.79 Å². The van der Waals surface area contributed by atoms with Crippen LogP contribution in [0.15, 0.2) is 18.2 Å². The van der Waals surface area contributed by atoms with E-state index in [1.807, 2.05) is 0 Å². The lowest BCUT2D eigenvalue weighted by Crippen LogP contribution is -2.38. The number of hydrogen-bond donors (Lipinski definition) is 0. The zero-order valence-corrected chi connectivity index (χ0v) is 9.78. The van der Waals surface area contributed by atoms with Crippen LogP contribution in [0.3, 0.4) is 0 Å². The van der Waals surface area contributed by atoms with Crippen LogP contribution in [0.25, 0.3) is 0 Å². The van der Waals surface area contributed by atoms with E-state index in [0.29, 0.717) is 22.8 Å². The predicted octanol–water partition coefficient (Wildman–Crippen LogP) is 1.85. The summed E-state index contributed by atoms with van der Waals surface area (Å²) in [7, 11) is 1.29. The molecule has 88 valence electrons. The highest BCUT2D eigenvalue weighted by Gasteiger charge is 2.70. The molecule has 1 aromatic carbocycles. The average Bonchev–Trinajstić information content (AvgIpc) is 3.06. The second-order valence-electron chi connectivity index (χ2n) is 4.24. The number of fused-ring (bicyclic) bond motifs is 2. The number of esters is 1. The molecule has 1 fully saturated rings. The fourth-order valence-corrected chi connectivity index (χ4v) is 2.44. The van der Waals surface area contributed by atoms with Crippen LogP contribution in [0.1, 0.15) is 16.8 Å². The fraction of sp³-hybridized carbons (Fsp3) is 0.333. The molecule has 1 aliphatic heterocycles. The lowest BCUT2D eigenvalue weighted by Gasteiger charge is -2.23. The van der Waals surface area contributed by atoms with Gasteiger partial charge in [-0.25, -0.2) is 4.79 Å². The van der Waals surface area contributed by atoms with Crippen molar-refractivity contribution >= 4 is 23.4 Å². The molecule has 0 unspecified atom stereocenters. The van der Waals surface area contributed by atoms with Crippen LogP contribution in [-0.4, -0.2) is 24.5 Å². The van der Waals surface area contributed by atoms with E-state index in [4.69, 9.17) is 16.3 Å². The van der Waals surface area contributed by atoms with Gasteiger partial charge >= 0.3 is 5.97 Å². The van der Waals surface area contributed by atoms with Gasteiger partial charge in [0.15, 0.2) is 5.78 Å². The Morgan fingerprint density at radius 2 is 2.35 bits per heavy atom. The normalized spacial score (nSPS) is 28.8. The van der Waals surface area contributed by atoms with Crippen LogP contribution in [0.2, 0.25) is 5.02 Å². The Bertz CT molecular complexity index is 539. The van der Waals surface area contributed by atoms with Crippen LogP contribution < -0.4 is 4.74 Å². The lowest BCUT2D eigenvalue weighted by molar-refractivity contribution is -0.151. The summed E-state index contributed by atoms with van der Waals surface area (Å²) < 4.78 is 10.3. The zero-order valence-electron chi connectivity index (χ0n) is 9.03. The third-order valence-electron chi connectivity index (χ3n) is 3.26. The second-order valence-corrected chi connectivity index (χ2v) is 4.68. The number of benzene rings is 1. The van der Waals surface area contributed by atoms with Gasteiger partial charge in [0.1, 0.15) is 5.75 Å². The smallest absolute Gasteiger partial charge is 0.351 e. The molecule has 0 amide bonds. The van der Waals surface area contributed by atoms with Crippen molar-refractivity contribution in [2.24, 2.45) is 5.92 Å². The number of hydrogen-bond acceptors (Lipinski definition) is 4. The summed E-state index contributed by atoms with van der Waals surface area (Å²) in [5.74, 6) is -0.616. The summed E-state index contributed by atoms with van der Waals surface area (Å²) in [6.45, 7) is 0. The fourth-order valence-electron chi connectivity index (χ4n) is 2.27. The number of rotatable bonds is 1. The molecule has 17 heavy (non-hydrogen) atoms. The molecule has 1 aliphatic carbocycles. The van der Waals surface area contributed by atoms with Crippen molar-refractivity contribution in [1.29, 1.82) is 0 Å². The molecule has 0 bridgehead atoms. The number of carbonyl (C=O) groups is 2. The van der Waals surface area contributed by atoms with Gasteiger partial charge in [-0.1, -0.05) is 11.6 Å². The molecule has 1 aromatic rings. The largest absolute Gasteiger partial charge is 0.474 e. The Hall–Kier alpha value is -1.55. The van der Waals surface area contributed by atoms with Gasteiger partial charge < -0.3 is 9.47 Å². The molecule has 0 radical (unpaired) electrons. The predicted molar refractivity (Wildman–Crippen MR) is 59.3 cm³/mol. The first-order valence-electron chi connectivity index (χ1n) is 5.20. The Morgan fingerprint density at radius 1 is 1.59 bits per heavy atom. The first kappa shape index (κ1) is 10.6. The van der Waals surface area contributed by atoms with E-state index < -0.39 is 17.5 Å². The Kier molecular flexibility index (Phi) is 2.01. The molecule has 0 N–H and O–H groups in total. The SMILES string of the molecule is COC(=O)[C@@]12C[C@@H]1C(=O)c1cc(Cl)ccc1O2. The van der Waals surface area contributed by atoms with Crippen molar-refractivity contribution < 1.29 is 19.1 Å². The van der Waals surface area contributed by atoms with Crippen molar-refractivity contribution in [2.75, 3.05) is 7.11 Å². The minimum atomic E-state index is -1.09. The molecular formula is C12H9ClO4.